The number of nitrogens with zero attached hydrogens (tertiary/aromatic N) is 5. The third kappa shape index (κ3) is 4.21. The Balaban J connectivity index is 1.36. The number of aromatic nitrogens is 3. The molecule has 2 fully saturated rings. The second-order valence-electron chi connectivity index (χ2n) is 9.58. The van der Waals surface area contributed by atoms with Crippen LogP contribution in [0.25, 0.3) is 0 Å². The number of carbonyl (C=O) groups excluding carboxylic acids is 1. The maximum atomic E-state index is 13.4. The molecule has 1 aromatic heterocycles. The van der Waals surface area contributed by atoms with Gasteiger partial charge in [0.15, 0.2) is 5.82 Å². The van der Waals surface area contributed by atoms with E-state index in [-0.39, 0.29) is 22.9 Å². The van der Waals surface area contributed by atoms with E-state index in [1.165, 1.54) is 6.42 Å². The van der Waals surface area contributed by atoms with Crippen LogP contribution in [0.4, 0.5) is 0 Å². The van der Waals surface area contributed by atoms with Gasteiger partial charge in [-0.15, -0.1) is 10.2 Å². The van der Waals surface area contributed by atoms with Crippen LogP contribution in [-0.4, -0.2) is 57.4 Å². The minimum absolute atomic E-state index is 0.00806. The van der Waals surface area contributed by atoms with Crippen molar-refractivity contribution >= 4 is 15.9 Å². The number of amides is 1. The molecule has 0 N–H and O–H groups in total. The van der Waals surface area contributed by atoms with Crippen molar-refractivity contribution in [2.24, 2.45) is 0 Å². The lowest BCUT2D eigenvalue weighted by Crippen LogP contribution is -2.41. The van der Waals surface area contributed by atoms with Crippen LogP contribution in [0, 0.1) is 0 Å². The molecule has 178 valence electrons. The van der Waals surface area contributed by atoms with Gasteiger partial charge in [-0.2, -0.15) is 4.31 Å². The first-order valence-corrected chi connectivity index (χ1v) is 13.8. The first-order valence-electron chi connectivity index (χ1n) is 12.3. The molecule has 2 atom stereocenters. The van der Waals surface area contributed by atoms with Crippen molar-refractivity contribution in [1.29, 1.82) is 0 Å². The molecule has 1 amide bonds. The number of benzene rings is 1. The van der Waals surface area contributed by atoms with Crippen molar-refractivity contribution in [2.45, 2.75) is 88.2 Å². The lowest BCUT2D eigenvalue weighted by atomic mass is 10.1. The molecule has 0 radical (unpaired) electrons. The SMILES string of the molecule is CC1CCCCN1S(=O)(=O)c1ccc(C(=O)N2CCCC2c2nnc3n2CCCCC3)cc1. The van der Waals surface area contributed by atoms with Crippen LogP contribution in [-0.2, 0) is 23.0 Å². The van der Waals surface area contributed by atoms with E-state index in [1.807, 2.05) is 11.8 Å². The number of likely N-dealkylation sites (tertiary alicyclic amines) is 1. The summed E-state index contributed by atoms with van der Waals surface area (Å²) in [5, 5.41) is 8.91. The molecule has 3 aliphatic rings. The Bertz CT molecular complexity index is 1110. The summed E-state index contributed by atoms with van der Waals surface area (Å²) in [6, 6.07) is 6.41. The highest BCUT2D eigenvalue weighted by Crippen LogP contribution is 2.34. The fourth-order valence-corrected chi connectivity index (χ4v) is 7.23. The lowest BCUT2D eigenvalue weighted by molar-refractivity contribution is 0.0727. The average molecular weight is 472 g/mol. The second kappa shape index (κ2) is 9.18. The number of piperidine rings is 1. The van der Waals surface area contributed by atoms with E-state index in [0.29, 0.717) is 18.7 Å². The van der Waals surface area contributed by atoms with Gasteiger partial charge in [-0.05, 0) is 69.7 Å². The van der Waals surface area contributed by atoms with Gasteiger partial charge in [-0.1, -0.05) is 12.8 Å². The summed E-state index contributed by atoms with van der Waals surface area (Å²) in [4.78, 5) is 15.6. The fourth-order valence-electron chi connectivity index (χ4n) is 5.53. The number of fused-ring (bicyclic) bond motifs is 1. The van der Waals surface area contributed by atoms with Gasteiger partial charge >= 0.3 is 0 Å². The number of rotatable bonds is 4. The Kier molecular flexibility index (Phi) is 6.26. The number of sulfonamides is 1. The third-order valence-electron chi connectivity index (χ3n) is 7.40. The van der Waals surface area contributed by atoms with E-state index in [4.69, 9.17) is 0 Å². The monoisotopic (exact) mass is 471 g/mol. The van der Waals surface area contributed by atoms with Gasteiger partial charge in [0, 0.05) is 37.7 Å². The smallest absolute Gasteiger partial charge is 0.254 e. The van der Waals surface area contributed by atoms with Gasteiger partial charge in [0.1, 0.15) is 5.82 Å². The molecule has 4 heterocycles. The van der Waals surface area contributed by atoms with E-state index in [9.17, 15) is 13.2 Å². The molecule has 0 saturated carbocycles. The number of carbonyl (C=O) groups is 1. The topological polar surface area (TPSA) is 88.4 Å². The lowest BCUT2D eigenvalue weighted by Gasteiger charge is -2.32. The summed E-state index contributed by atoms with van der Waals surface area (Å²) in [5.41, 5.74) is 0.517. The summed E-state index contributed by atoms with van der Waals surface area (Å²) < 4.78 is 30.1. The summed E-state index contributed by atoms with van der Waals surface area (Å²) in [5.74, 6) is 1.86. The zero-order chi connectivity index (χ0) is 23.0. The highest BCUT2D eigenvalue weighted by atomic mass is 32.2. The molecule has 0 aliphatic carbocycles. The minimum Gasteiger partial charge on any atom is -0.328 e. The average Bonchev–Trinajstić information content (AvgIpc) is 3.39. The van der Waals surface area contributed by atoms with E-state index >= 15 is 0 Å². The quantitative estimate of drug-likeness (QED) is 0.681. The zero-order valence-electron chi connectivity index (χ0n) is 19.3. The van der Waals surface area contributed by atoms with E-state index in [1.54, 1.807) is 28.6 Å². The first-order chi connectivity index (χ1) is 16.0. The van der Waals surface area contributed by atoms with Gasteiger partial charge in [0.2, 0.25) is 10.0 Å². The van der Waals surface area contributed by atoms with E-state index in [0.717, 1.165) is 69.6 Å². The molecular weight excluding hydrogens is 438 g/mol. The van der Waals surface area contributed by atoms with Gasteiger partial charge in [0.05, 0.1) is 10.9 Å². The predicted molar refractivity (Wildman–Crippen MR) is 124 cm³/mol. The summed E-state index contributed by atoms with van der Waals surface area (Å²) in [6.07, 6.45) is 9.04. The molecule has 0 spiro atoms. The number of hydrogen-bond acceptors (Lipinski definition) is 5. The Morgan fingerprint density at radius 3 is 2.48 bits per heavy atom. The van der Waals surface area contributed by atoms with Crippen LogP contribution < -0.4 is 0 Å². The molecule has 1 aromatic carbocycles. The Labute approximate surface area is 196 Å². The van der Waals surface area contributed by atoms with Crippen molar-refractivity contribution in [2.75, 3.05) is 13.1 Å². The largest absolute Gasteiger partial charge is 0.328 e. The van der Waals surface area contributed by atoms with Crippen molar-refractivity contribution in [3.8, 4) is 0 Å². The van der Waals surface area contributed by atoms with Crippen molar-refractivity contribution in [1.82, 2.24) is 24.0 Å². The number of hydrogen-bond donors (Lipinski definition) is 0. The van der Waals surface area contributed by atoms with Crippen molar-refractivity contribution < 1.29 is 13.2 Å². The summed E-state index contributed by atoms with van der Waals surface area (Å²) in [6.45, 7) is 4.12. The maximum absolute atomic E-state index is 13.4. The second-order valence-corrected chi connectivity index (χ2v) is 11.5. The van der Waals surface area contributed by atoms with E-state index in [2.05, 4.69) is 14.8 Å². The number of aryl methyl sites for hydroxylation is 1. The van der Waals surface area contributed by atoms with Gasteiger partial charge in [-0.3, -0.25) is 4.79 Å². The molecule has 8 nitrogen and oxygen atoms in total. The van der Waals surface area contributed by atoms with Crippen LogP contribution in [0.15, 0.2) is 29.2 Å². The molecular formula is C24H33N5O3S. The predicted octanol–water partition coefficient (Wildman–Crippen LogP) is 3.54. The highest BCUT2D eigenvalue weighted by Gasteiger charge is 2.35. The molecule has 33 heavy (non-hydrogen) atoms. The van der Waals surface area contributed by atoms with Gasteiger partial charge < -0.3 is 9.47 Å². The standard InChI is InChI=1S/C24H33N5O3S/c1-18-8-4-6-17-29(18)33(31,32)20-13-11-19(12-14-20)24(30)27-16-7-9-21(27)23-26-25-22-10-3-2-5-15-28(22)23/h11-14,18,21H,2-10,15-17H2,1H3. The Morgan fingerprint density at radius 1 is 0.909 bits per heavy atom. The first kappa shape index (κ1) is 22.5. The van der Waals surface area contributed by atoms with Crippen LogP contribution >= 0.6 is 0 Å². The Morgan fingerprint density at radius 2 is 1.70 bits per heavy atom. The van der Waals surface area contributed by atoms with Crippen LogP contribution in [0.2, 0.25) is 0 Å². The zero-order valence-corrected chi connectivity index (χ0v) is 20.1. The van der Waals surface area contributed by atoms with Crippen LogP contribution in [0.3, 0.4) is 0 Å². The van der Waals surface area contributed by atoms with Gasteiger partial charge in [0.25, 0.3) is 5.91 Å². The summed E-state index contributed by atoms with van der Waals surface area (Å²) >= 11 is 0. The normalized spacial score (nSPS) is 24.5. The van der Waals surface area contributed by atoms with Crippen molar-refractivity contribution in [3.05, 3.63) is 41.5 Å². The molecule has 5 rings (SSSR count). The van der Waals surface area contributed by atoms with Crippen molar-refractivity contribution in [3.63, 3.8) is 0 Å². The Hall–Kier alpha value is -2.26. The molecule has 3 aliphatic heterocycles. The highest BCUT2D eigenvalue weighted by molar-refractivity contribution is 7.89. The molecule has 9 heteroatoms. The third-order valence-corrected chi connectivity index (χ3v) is 9.43. The molecule has 2 aromatic rings. The molecule has 0 bridgehead atoms. The van der Waals surface area contributed by atoms with Gasteiger partial charge in [-0.25, -0.2) is 8.42 Å². The summed E-state index contributed by atoms with van der Waals surface area (Å²) in [7, 11) is -3.55. The van der Waals surface area contributed by atoms with Crippen LogP contribution in [0.1, 0.15) is 86.3 Å². The minimum atomic E-state index is -3.55. The maximum Gasteiger partial charge on any atom is 0.254 e. The van der Waals surface area contributed by atoms with Crippen LogP contribution in [0.5, 0.6) is 0 Å². The van der Waals surface area contributed by atoms with E-state index < -0.39 is 10.0 Å². The molecule has 2 unspecified atom stereocenters. The fraction of sp³-hybridized carbons (Fsp3) is 0.625. The molecule has 2 saturated heterocycles.